The Kier molecular flexibility index (Phi) is 5.00. The van der Waals surface area contributed by atoms with E-state index in [9.17, 15) is 9.50 Å². The van der Waals surface area contributed by atoms with E-state index in [-0.39, 0.29) is 19.0 Å². The molecule has 0 aliphatic carbocycles. The number of benzene rings is 2. The molecule has 0 aliphatic rings. The standard InChI is InChI=1S/C16H18FNO3/c1-11-8-15(6-7-16(11)17)21-10-13(19)9-20-14-4-2-12(18)3-5-14/h2-8,13,19H,9-10,18H2,1H3. The van der Waals surface area contributed by atoms with Crippen LogP contribution in [0.3, 0.4) is 0 Å². The van der Waals surface area contributed by atoms with Crippen molar-refractivity contribution in [3.63, 3.8) is 0 Å². The summed E-state index contributed by atoms with van der Waals surface area (Å²) >= 11 is 0. The second-order valence-corrected chi connectivity index (χ2v) is 4.76. The van der Waals surface area contributed by atoms with Gasteiger partial charge in [0.1, 0.15) is 36.6 Å². The van der Waals surface area contributed by atoms with Gasteiger partial charge in [-0.15, -0.1) is 0 Å². The molecule has 0 aliphatic heterocycles. The van der Waals surface area contributed by atoms with E-state index in [4.69, 9.17) is 15.2 Å². The van der Waals surface area contributed by atoms with Crippen LogP contribution in [0.1, 0.15) is 5.56 Å². The largest absolute Gasteiger partial charge is 0.491 e. The van der Waals surface area contributed by atoms with Gasteiger partial charge >= 0.3 is 0 Å². The minimum atomic E-state index is -0.784. The highest BCUT2D eigenvalue weighted by molar-refractivity contribution is 5.41. The number of aryl methyl sites for hydroxylation is 1. The maximum atomic E-state index is 13.1. The van der Waals surface area contributed by atoms with E-state index in [2.05, 4.69) is 0 Å². The fraction of sp³-hybridized carbons (Fsp3) is 0.250. The molecule has 0 saturated heterocycles. The van der Waals surface area contributed by atoms with E-state index in [0.29, 0.717) is 22.7 Å². The van der Waals surface area contributed by atoms with Crippen LogP contribution >= 0.6 is 0 Å². The molecular formula is C16H18FNO3. The van der Waals surface area contributed by atoms with Gasteiger partial charge < -0.3 is 20.3 Å². The van der Waals surface area contributed by atoms with E-state index in [1.807, 2.05) is 0 Å². The van der Waals surface area contributed by atoms with Crippen LogP contribution < -0.4 is 15.2 Å². The predicted octanol–water partition coefficient (Wildman–Crippen LogP) is 2.54. The van der Waals surface area contributed by atoms with Crippen molar-refractivity contribution in [2.45, 2.75) is 13.0 Å². The summed E-state index contributed by atoms with van der Waals surface area (Å²) in [5.41, 5.74) is 6.72. The number of halogens is 1. The average molecular weight is 291 g/mol. The van der Waals surface area contributed by atoms with Crippen molar-refractivity contribution in [1.29, 1.82) is 0 Å². The maximum Gasteiger partial charge on any atom is 0.126 e. The molecule has 5 heteroatoms. The Morgan fingerprint density at radius 1 is 1.05 bits per heavy atom. The molecule has 3 N–H and O–H groups in total. The van der Waals surface area contributed by atoms with Gasteiger partial charge in [-0.05, 0) is 55.0 Å². The van der Waals surface area contributed by atoms with Gasteiger partial charge in [-0.1, -0.05) is 0 Å². The Balaban J connectivity index is 1.77. The van der Waals surface area contributed by atoms with Crippen LogP contribution in [0.15, 0.2) is 42.5 Å². The minimum Gasteiger partial charge on any atom is -0.491 e. The van der Waals surface area contributed by atoms with E-state index in [0.717, 1.165) is 0 Å². The second-order valence-electron chi connectivity index (χ2n) is 4.76. The zero-order valence-electron chi connectivity index (χ0n) is 11.8. The molecule has 0 bridgehead atoms. The summed E-state index contributed by atoms with van der Waals surface area (Å²) in [6.45, 7) is 1.83. The fourth-order valence-corrected chi connectivity index (χ4v) is 1.70. The average Bonchev–Trinajstić information content (AvgIpc) is 2.48. The number of aliphatic hydroxyl groups excluding tert-OH is 1. The quantitative estimate of drug-likeness (QED) is 0.803. The first-order valence-electron chi connectivity index (χ1n) is 6.60. The molecule has 0 aromatic heterocycles. The SMILES string of the molecule is Cc1cc(OCC(O)COc2ccc(N)cc2)ccc1F. The monoisotopic (exact) mass is 291 g/mol. The molecule has 0 saturated carbocycles. The molecule has 2 aromatic carbocycles. The molecule has 112 valence electrons. The van der Waals surface area contributed by atoms with Crippen molar-refractivity contribution in [3.8, 4) is 11.5 Å². The van der Waals surface area contributed by atoms with Crippen molar-refractivity contribution in [1.82, 2.24) is 0 Å². The summed E-state index contributed by atoms with van der Waals surface area (Å²) in [4.78, 5) is 0. The topological polar surface area (TPSA) is 64.7 Å². The van der Waals surface area contributed by atoms with Gasteiger partial charge in [0.2, 0.25) is 0 Å². The van der Waals surface area contributed by atoms with Gasteiger partial charge in [0.25, 0.3) is 0 Å². The molecule has 0 fully saturated rings. The molecule has 4 nitrogen and oxygen atoms in total. The first-order valence-corrected chi connectivity index (χ1v) is 6.60. The second kappa shape index (κ2) is 6.95. The van der Waals surface area contributed by atoms with Gasteiger partial charge in [0, 0.05) is 5.69 Å². The number of anilines is 1. The molecule has 0 heterocycles. The zero-order chi connectivity index (χ0) is 15.2. The lowest BCUT2D eigenvalue weighted by atomic mass is 10.2. The third kappa shape index (κ3) is 4.65. The lowest BCUT2D eigenvalue weighted by molar-refractivity contribution is 0.0626. The Bertz CT molecular complexity index is 587. The summed E-state index contributed by atoms with van der Waals surface area (Å²) in [5, 5.41) is 9.80. The summed E-state index contributed by atoms with van der Waals surface area (Å²) in [5.74, 6) is 0.857. The predicted molar refractivity (Wildman–Crippen MR) is 79.0 cm³/mol. The van der Waals surface area contributed by atoms with E-state index < -0.39 is 6.10 Å². The van der Waals surface area contributed by atoms with Crippen molar-refractivity contribution in [2.75, 3.05) is 18.9 Å². The molecule has 0 radical (unpaired) electrons. The summed E-state index contributed by atoms with van der Waals surface area (Å²) < 4.78 is 23.9. The van der Waals surface area contributed by atoms with Gasteiger partial charge in [-0.3, -0.25) is 0 Å². The molecule has 1 atom stereocenters. The van der Waals surface area contributed by atoms with Crippen LogP contribution in [0.4, 0.5) is 10.1 Å². The minimum absolute atomic E-state index is 0.0695. The van der Waals surface area contributed by atoms with E-state index >= 15 is 0 Å². The normalized spacial score (nSPS) is 12.0. The van der Waals surface area contributed by atoms with Crippen LogP contribution in [0.2, 0.25) is 0 Å². The third-order valence-electron chi connectivity index (χ3n) is 2.89. The first kappa shape index (κ1) is 15.1. The van der Waals surface area contributed by atoms with E-state index in [1.54, 1.807) is 37.3 Å². The first-order chi connectivity index (χ1) is 10.0. The Labute approximate surface area is 122 Å². The molecule has 0 spiro atoms. The van der Waals surface area contributed by atoms with Gasteiger partial charge in [0.05, 0.1) is 0 Å². The number of hydrogen-bond acceptors (Lipinski definition) is 4. The highest BCUT2D eigenvalue weighted by Crippen LogP contribution is 2.16. The molecular weight excluding hydrogens is 273 g/mol. The lowest BCUT2D eigenvalue weighted by Gasteiger charge is -2.14. The van der Waals surface area contributed by atoms with Crippen LogP contribution in [0, 0.1) is 12.7 Å². The Morgan fingerprint density at radius 3 is 2.24 bits per heavy atom. The molecule has 21 heavy (non-hydrogen) atoms. The van der Waals surface area contributed by atoms with Crippen molar-refractivity contribution < 1.29 is 19.0 Å². The zero-order valence-corrected chi connectivity index (χ0v) is 11.8. The smallest absolute Gasteiger partial charge is 0.126 e. The van der Waals surface area contributed by atoms with Gasteiger partial charge in [-0.2, -0.15) is 0 Å². The van der Waals surface area contributed by atoms with Crippen molar-refractivity contribution in [2.24, 2.45) is 0 Å². The lowest BCUT2D eigenvalue weighted by Crippen LogP contribution is -2.25. The third-order valence-corrected chi connectivity index (χ3v) is 2.89. The molecule has 2 aromatic rings. The van der Waals surface area contributed by atoms with Crippen molar-refractivity contribution >= 4 is 5.69 Å². The van der Waals surface area contributed by atoms with E-state index in [1.165, 1.54) is 12.1 Å². The maximum absolute atomic E-state index is 13.1. The number of hydrogen-bond donors (Lipinski definition) is 2. The number of rotatable bonds is 6. The molecule has 1 unspecified atom stereocenters. The van der Waals surface area contributed by atoms with Crippen LogP contribution in [-0.4, -0.2) is 24.4 Å². The highest BCUT2D eigenvalue weighted by Gasteiger charge is 2.07. The number of nitrogen functional groups attached to an aromatic ring is 1. The number of ether oxygens (including phenoxy) is 2. The highest BCUT2D eigenvalue weighted by atomic mass is 19.1. The summed E-state index contributed by atoms with van der Waals surface area (Å²) in [7, 11) is 0. The van der Waals surface area contributed by atoms with Crippen molar-refractivity contribution in [3.05, 3.63) is 53.8 Å². The summed E-state index contributed by atoms with van der Waals surface area (Å²) in [6.07, 6.45) is -0.784. The molecule has 0 amide bonds. The number of aliphatic hydroxyl groups is 1. The van der Waals surface area contributed by atoms with Crippen LogP contribution in [0.25, 0.3) is 0 Å². The Morgan fingerprint density at radius 2 is 1.62 bits per heavy atom. The van der Waals surface area contributed by atoms with Crippen LogP contribution in [-0.2, 0) is 0 Å². The fourth-order valence-electron chi connectivity index (χ4n) is 1.70. The summed E-state index contributed by atoms with van der Waals surface area (Å²) in [6, 6.07) is 11.3. The number of nitrogens with two attached hydrogens (primary N) is 1. The molecule has 2 rings (SSSR count). The van der Waals surface area contributed by atoms with Crippen LogP contribution in [0.5, 0.6) is 11.5 Å². The van der Waals surface area contributed by atoms with Gasteiger partial charge in [0.15, 0.2) is 0 Å². The van der Waals surface area contributed by atoms with Gasteiger partial charge in [-0.25, -0.2) is 4.39 Å². The Hall–Kier alpha value is -2.27.